The quantitative estimate of drug-likeness (QED) is 0.796. The van der Waals surface area contributed by atoms with Crippen LogP contribution in [-0.4, -0.2) is 12.7 Å². The van der Waals surface area contributed by atoms with Gasteiger partial charge < -0.3 is 4.74 Å². The molecule has 1 aromatic carbocycles. The molecule has 1 aromatic rings. The van der Waals surface area contributed by atoms with E-state index in [1.54, 1.807) is 19.2 Å². The van der Waals surface area contributed by atoms with Crippen molar-refractivity contribution >= 4 is 12.2 Å². The highest BCUT2D eigenvalue weighted by Gasteiger charge is 1.93. The zero-order valence-electron chi connectivity index (χ0n) is 8.07. The van der Waals surface area contributed by atoms with E-state index in [1.165, 1.54) is 0 Å². The second-order valence-electron chi connectivity index (χ2n) is 2.61. The maximum atomic E-state index is 10.8. The standard InChI is InChI=1S/C11H13NO2/c1-2-14-11(13)12-9-8-10-6-4-3-5-7-10/h3-9H,2H2,1H3,(H,12,13). The summed E-state index contributed by atoms with van der Waals surface area (Å²) in [5.74, 6) is 0. The first kappa shape index (κ1) is 10.3. The van der Waals surface area contributed by atoms with Crippen molar-refractivity contribution in [3.05, 3.63) is 42.1 Å². The van der Waals surface area contributed by atoms with Crippen LogP contribution in [0.4, 0.5) is 4.79 Å². The highest BCUT2D eigenvalue weighted by molar-refractivity contribution is 5.69. The van der Waals surface area contributed by atoms with Gasteiger partial charge in [-0.25, -0.2) is 4.79 Å². The van der Waals surface area contributed by atoms with Crippen LogP contribution in [0.2, 0.25) is 0 Å². The van der Waals surface area contributed by atoms with Gasteiger partial charge in [0.2, 0.25) is 0 Å². The molecule has 0 fully saturated rings. The largest absolute Gasteiger partial charge is 0.450 e. The Bertz CT molecular complexity index is 306. The molecular weight excluding hydrogens is 178 g/mol. The van der Waals surface area contributed by atoms with Crippen LogP contribution in [0.15, 0.2) is 36.5 Å². The predicted molar refractivity (Wildman–Crippen MR) is 55.6 cm³/mol. The summed E-state index contributed by atoms with van der Waals surface area (Å²) in [5, 5.41) is 2.49. The van der Waals surface area contributed by atoms with Gasteiger partial charge in [0.1, 0.15) is 0 Å². The predicted octanol–water partition coefficient (Wildman–Crippen LogP) is 2.40. The van der Waals surface area contributed by atoms with E-state index in [9.17, 15) is 4.79 Å². The Hall–Kier alpha value is -1.77. The van der Waals surface area contributed by atoms with Gasteiger partial charge in [0, 0.05) is 6.20 Å². The van der Waals surface area contributed by atoms with Crippen molar-refractivity contribution in [1.82, 2.24) is 5.32 Å². The van der Waals surface area contributed by atoms with Crippen molar-refractivity contribution in [2.45, 2.75) is 6.92 Å². The highest BCUT2D eigenvalue weighted by atomic mass is 16.5. The first-order chi connectivity index (χ1) is 6.83. The third kappa shape index (κ3) is 3.76. The minimum absolute atomic E-state index is 0.380. The molecule has 0 radical (unpaired) electrons. The number of ether oxygens (including phenoxy) is 1. The molecule has 1 amide bonds. The molecule has 0 heterocycles. The molecule has 0 spiro atoms. The molecule has 74 valence electrons. The number of hydrogen-bond donors (Lipinski definition) is 1. The highest BCUT2D eigenvalue weighted by Crippen LogP contribution is 1.99. The molecular formula is C11H13NO2. The molecule has 0 saturated heterocycles. The molecule has 14 heavy (non-hydrogen) atoms. The fraction of sp³-hybridized carbons (Fsp3) is 0.182. The molecule has 3 nitrogen and oxygen atoms in total. The van der Waals surface area contributed by atoms with Gasteiger partial charge >= 0.3 is 6.09 Å². The van der Waals surface area contributed by atoms with E-state index in [0.29, 0.717) is 6.61 Å². The van der Waals surface area contributed by atoms with Crippen molar-refractivity contribution in [3.8, 4) is 0 Å². The topological polar surface area (TPSA) is 38.3 Å². The van der Waals surface area contributed by atoms with Gasteiger partial charge in [0.25, 0.3) is 0 Å². The van der Waals surface area contributed by atoms with Crippen LogP contribution in [-0.2, 0) is 4.74 Å². The smallest absolute Gasteiger partial charge is 0.411 e. The van der Waals surface area contributed by atoms with Gasteiger partial charge in [-0.05, 0) is 18.6 Å². The number of benzene rings is 1. The lowest BCUT2D eigenvalue weighted by molar-refractivity contribution is 0.156. The first-order valence-corrected chi connectivity index (χ1v) is 4.48. The maximum absolute atomic E-state index is 10.8. The van der Waals surface area contributed by atoms with Gasteiger partial charge in [-0.1, -0.05) is 30.3 Å². The van der Waals surface area contributed by atoms with E-state index in [2.05, 4.69) is 10.1 Å². The third-order valence-corrected chi connectivity index (χ3v) is 1.55. The zero-order chi connectivity index (χ0) is 10.2. The summed E-state index contributed by atoms with van der Waals surface area (Å²) in [6, 6.07) is 9.71. The number of carbonyl (C=O) groups excluding carboxylic acids is 1. The Morgan fingerprint density at radius 3 is 2.79 bits per heavy atom. The van der Waals surface area contributed by atoms with Crippen molar-refractivity contribution in [3.63, 3.8) is 0 Å². The Morgan fingerprint density at radius 2 is 2.14 bits per heavy atom. The van der Waals surface area contributed by atoms with E-state index in [4.69, 9.17) is 0 Å². The van der Waals surface area contributed by atoms with E-state index in [-0.39, 0.29) is 0 Å². The number of rotatable bonds is 3. The average Bonchev–Trinajstić information content (AvgIpc) is 2.20. The first-order valence-electron chi connectivity index (χ1n) is 4.48. The summed E-state index contributed by atoms with van der Waals surface area (Å²) in [6.45, 7) is 2.14. The molecule has 3 heteroatoms. The summed E-state index contributed by atoms with van der Waals surface area (Å²) in [4.78, 5) is 10.8. The fourth-order valence-electron chi connectivity index (χ4n) is 0.943. The zero-order valence-corrected chi connectivity index (χ0v) is 8.07. The summed E-state index contributed by atoms with van der Waals surface area (Å²) >= 11 is 0. The second kappa shape index (κ2) is 5.80. The number of nitrogens with one attached hydrogen (secondary N) is 1. The van der Waals surface area contributed by atoms with Gasteiger partial charge in [0.15, 0.2) is 0 Å². The van der Waals surface area contributed by atoms with Crippen molar-refractivity contribution < 1.29 is 9.53 Å². The molecule has 1 rings (SSSR count). The SMILES string of the molecule is CCOC(=O)NC=Cc1ccccc1. The summed E-state index contributed by atoms with van der Waals surface area (Å²) in [6.07, 6.45) is 2.93. The summed E-state index contributed by atoms with van der Waals surface area (Å²) in [5.41, 5.74) is 1.03. The van der Waals surface area contributed by atoms with Gasteiger partial charge in [-0.2, -0.15) is 0 Å². The average molecular weight is 191 g/mol. The number of amides is 1. The van der Waals surface area contributed by atoms with Crippen LogP contribution in [0.1, 0.15) is 12.5 Å². The Kier molecular flexibility index (Phi) is 4.27. The van der Waals surface area contributed by atoms with Crippen molar-refractivity contribution in [1.29, 1.82) is 0 Å². The molecule has 0 unspecified atom stereocenters. The van der Waals surface area contributed by atoms with Gasteiger partial charge in [-0.15, -0.1) is 0 Å². The minimum atomic E-state index is -0.431. The van der Waals surface area contributed by atoms with E-state index in [0.717, 1.165) is 5.56 Å². The van der Waals surface area contributed by atoms with Crippen molar-refractivity contribution in [2.75, 3.05) is 6.61 Å². The fourth-order valence-corrected chi connectivity index (χ4v) is 0.943. The van der Waals surface area contributed by atoms with Crippen LogP contribution < -0.4 is 5.32 Å². The lowest BCUT2D eigenvalue weighted by Gasteiger charge is -1.98. The number of alkyl carbamates (subject to hydrolysis) is 1. The molecule has 0 aromatic heterocycles. The summed E-state index contributed by atoms with van der Waals surface area (Å²) < 4.78 is 4.68. The van der Waals surface area contributed by atoms with Crippen LogP contribution in [0, 0.1) is 0 Å². The van der Waals surface area contributed by atoms with Crippen molar-refractivity contribution in [2.24, 2.45) is 0 Å². The molecule has 0 aliphatic rings. The van der Waals surface area contributed by atoms with Crippen LogP contribution in [0.25, 0.3) is 6.08 Å². The minimum Gasteiger partial charge on any atom is -0.450 e. The van der Waals surface area contributed by atoms with E-state index < -0.39 is 6.09 Å². The van der Waals surface area contributed by atoms with Crippen LogP contribution in [0.5, 0.6) is 0 Å². The van der Waals surface area contributed by atoms with Crippen LogP contribution >= 0.6 is 0 Å². The molecule has 1 N–H and O–H groups in total. The molecule has 0 saturated carbocycles. The lowest BCUT2D eigenvalue weighted by Crippen LogP contribution is -2.17. The van der Waals surface area contributed by atoms with E-state index >= 15 is 0 Å². The Morgan fingerprint density at radius 1 is 1.43 bits per heavy atom. The van der Waals surface area contributed by atoms with Crippen LogP contribution in [0.3, 0.4) is 0 Å². The molecule has 0 atom stereocenters. The molecule has 0 aliphatic carbocycles. The number of carbonyl (C=O) groups is 1. The number of hydrogen-bond acceptors (Lipinski definition) is 2. The van der Waals surface area contributed by atoms with E-state index in [1.807, 2.05) is 30.3 Å². The normalized spacial score (nSPS) is 10.1. The second-order valence-corrected chi connectivity index (χ2v) is 2.61. The third-order valence-electron chi connectivity index (χ3n) is 1.55. The molecule has 0 bridgehead atoms. The van der Waals surface area contributed by atoms with Gasteiger partial charge in [0.05, 0.1) is 6.61 Å². The lowest BCUT2D eigenvalue weighted by atomic mass is 10.2. The Labute approximate surface area is 83.4 Å². The monoisotopic (exact) mass is 191 g/mol. The van der Waals surface area contributed by atoms with Gasteiger partial charge in [-0.3, -0.25) is 5.32 Å². The molecule has 0 aliphatic heterocycles. The Balaban J connectivity index is 2.38. The summed E-state index contributed by atoms with van der Waals surface area (Å²) in [7, 11) is 0. The maximum Gasteiger partial charge on any atom is 0.411 e.